The highest BCUT2D eigenvalue weighted by Crippen LogP contribution is 2.34. The lowest BCUT2D eigenvalue weighted by Gasteiger charge is -2.13. The third kappa shape index (κ3) is 5.14. The molecule has 7 heteroatoms. The number of nitrogens with one attached hydrogen (secondary N) is 1. The lowest BCUT2D eigenvalue weighted by Crippen LogP contribution is -2.23. The second kappa shape index (κ2) is 7.46. The predicted molar refractivity (Wildman–Crippen MR) is 92.9 cm³/mol. The molecule has 0 spiro atoms. The molecule has 3 N–H and O–H groups in total. The Bertz CT molecular complexity index is 765. The molecule has 0 bridgehead atoms. The van der Waals surface area contributed by atoms with Gasteiger partial charge in [-0.25, -0.2) is 4.99 Å². The Morgan fingerprint density at radius 1 is 1.12 bits per heavy atom. The molecule has 0 atom stereocenters. The fraction of sp³-hybridized carbons (Fsp3) is 0.278. The first-order valence-corrected chi connectivity index (χ1v) is 7.58. The summed E-state index contributed by atoms with van der Waals surface area (Å²) in [7, 11) is 1.32. The van der Waals surface area contributed by atoms with Crippen LogP contribution in [0.15, 0.2) is 41.4 Å². The second-order valence-electron chi connectivity index (χ2n) is 5.72. The first kappa shape index (κ1) is 18.6. The molecule has 0 saturated carbocycles. The third-order valence-electron chi connectivity index (χ3n) is 3.54. The van der Waals surface area contributed by atoms with E-state index in [1.54, 1.807) is 0 Å². The maximum absolute atomic E-state index is 13.2. The molecule has 4 nitrogen and oxygen atoms in total. The monoisotopic (exact) mass is 351 g/mol. The highest BCUT2D eigenvalue weighted by atomic mass is 19.4. The molecule has 2 rings (SSSR count). The maximum Gasteiger partial charge on any atom is 0.416 e. The van der Waals surface area contributed by atoms with E-state index in [4.69, 9.17) is 10.5 Å². The predicted octanol–water partition coefficient (Wildman–Crippen LogP) is 4.26. The number of nitrogens with two attached hydrogens (primary N) is 1. The number of halogens is 3. The number of hydrogen-bond donors (Lipinski definition) is 2. The van der Waals surface area contributed by atoms with Crippen LogP contribution in [0.3, 0.4) is 0 Å². The summed E-state index contributed by atoms with van der Waals surface area (Å²) < 4.78 is 44.4. The fourth-order valence-electron chi connectivity index (χ4n) is 2.49. The van der Waals surface area contributed by atoms with Crippen LogP contribution in [0.2, 0.25) is 0 Å². The Morgan fingerprint density at radius 2 is 1.76 bits per heavy atom. The van der Waals surface area contributed by atoms with Crippen LogP contribution in [-0.4, -0.2) is 13.1 Å². The average molecular weight is 351 g/mol. The van der Waals surface area contributed by atoms with Crippen LogP contribution in [0.25, 0.3) is 0 Å². The van der Waals surface area contributed by atoms with Gasteiger partial charge in [-0.05, 0) is 54.8 Å². The van der Waals surface area contributed by atoms with Crippen molar-refractivity contribution < 1.29 is 17.9 Å². The molecule has 0 aromatic heterocycles. The van der Waals surface area contributed by atoms with Crippen molar-refractivity contribution in [3.8, 4) is 5.75 Å². The van der Waals surface area contributed by atoms with Gasteiger partial charge < -0.3 is 15.8 Å². The number of aryl methyl sites for hydroxylation is 2. The number of benzene rings is 2. The lowest BCUT2D eigenvalue weighted by atomic mass is 10.1. The summed E-state index contributed by atoms with van der Waals surface area (Å²) in [5.74, 6) is 0.190. The van der Waals surface area contributed by atoms with Crippen molar-refractivity contribution >= 4 is 11.6 Å². The van der Waals surface area contributed by atoms with E-state index in [0.717, 1.165) is 22.9 Å². The average Bonchev–Trinajstić information content (AvgIpc) is 2.50. The van der Waals surface area contributed by atoms with Crippen LogP contribution in [-0.2, 0) is 12.7 Å². The van der Waals surface area contributed by atoms with E-state index in [1.807, 2.05) is 32.0 Å². The number of anilines is 1. The normalized spacial score (nSPS) is 12.2. The van der Waals surface area contributed by atoms with Crippen molar-refractivity contribution in [2.45, 2.75) is 26.6 Å². The molecule has 0 aliphatic rings. The standard InChI is InChI=1S/C18H20F3N3O/c1-11-6-12(2)8-14(7-11)24-17(22)23-10-13-4-5-15(25-3)9-16(13)18(19,20)21/h4-9H,10H2,1-3H3,(H3,22,23,24). The molecule has 0 heterocycles. The molecular weight excluding hydrogens is 331 g/mol. The van der Waals surface area contributed by atoms with Gasteiger partial charge in [-0.3, -0.25) is 0 Å². The molecule has 0 fully saturated rings. The summed E-state index contributed by atoms with van der Waals surface area (Å²) in [4.78, 5) is 4.02. The fourth-order valence-corrected chi connectivity index (χ4v) is 2.49. The summed E-state index contributed by atoms with van der Waals surface area (Å²) in [6.07, 6.45) is -4.49. The van der Waals surface area contributed by atoms with Gasteiger partial charge in [-0.1, -0.05) is 12.1 Å². The smallest absolute Gasteiger partial charge is 0.416 e. The van der Waals surface area contributed by atoms with Gasteiger partial charge in [0.2, 0.25) is 0 Å². The van der Waals surface area contributed by atoms with Crippen molar-refractivity contribution in [3.63, 3.8) is 0 Å². The van der Waals surface area contributed by atoms with Crippen molar-refractivity contribution in [2.24, 2.45) is 10.7 Å². The van der Waals surface area contributed by atoms with Crippen LogP contribution in [0, 0.1) is 13.8 Å². The molecule has 0 amide bonds. The first-order chi connectivity index (χ1) is 11.7. The largest absolute Gasteiger partial charge is 0.497 e. The van der Waals surface area contributed by atoms with E-state index in [0.29, 0.717) is 0 Å². The minimum atomic E-state index is -4.49. The maximum atomic E-state index is 13.2. The summed E-state index contributed by atoms with van der Waals surface area (Å²) in [5.41, 5.74) is 7.88. The number of methoxy groups -OCH3 is 1. The van der Waals surface area contributed by atoms with Crippen molar-refractivity contribution in [3.05, 3.63) is 58.7 Å². The van der Waals surface area contributed by atoms with E-state index in [1.165, 1.54) is 19.2 Å². The Kier molecular flexibility index (Phi) is 5.56. The quantitative estimate of drug-likeness (QED) is 0.639. The van der Waals surface area contributed by atoms with E-state index in [2.05, 4.69) is 10.3 Å². The van der Waals surface area contributed by atoms with Crippen LogP contribution in [0.5, 0.6) is 5.75 Å². The van der Waals surface area contributed by atoms with E-state index in [-0.39, 0.29) is 23.8 Å². The Labute approximate surface area is 144 Å². The van der Waals surface area contributed by atoms with E-state index in [9.17, 15) is 13.2 Å². The van der Waals surface area contributed by atoms with Gasteiger partial charge in [0.25, 0.3) is 0 Å². The molecule has 0 aliphatic heterocycles. The molecule has 0 unspecified atom stereocenters. The van der Waals surface area contributed by atoms with Gasteiger partial charge in [0.1, 0.15) is 5.75 Å². The molecule has 2 aromatic rings. The first-order valence-electron chi connectivity index (χ1n) is 7.58. The van der Waals surface area contributed by atoms with E-state index >= 15 is 0 Å². The number of aliphatic imine (C=N–C) groups is 1. The highest BCUT2D eigenvalue weighted by Gasteiger charge is 2.33. The van der Waals surface area contributed by atoms with Gasteiger partial charge in [0.15, 0.2) is 5.96 Å². The molecule has 134 valence electrons. The number of guanidine groups is 1. The second-order valence-corrected chi connectivity index (χ2v) is 5.72. The van der Waals surface area contributed by atoms with Crippen molar-refractivity contribution in [2.75, 3.05) is 12.4 Å². The van der Waals surface area contributed by atoms with Crippen molar-refractivity contribution in [1.82, 2.24) is 0 Å². The minimum Gasteiger partial charge on any atom is -0.497 e. The summed E-state index contributed by atoms with van der Waals surface area (Å²) in [6, 6.07) is 9.53. The highest BCUT2D eigenvalue weighted by molar-refractivity contribution is 5.92. The van der Waals surface area contributed by atoms with Crippen molar-refractivity contribution in [1.29, 1.82) is 0 Å². The molecule has 2 aromatic carbocycles. The van der Waals surface area contributed by atoms with Gasteiger partial charge in [0.05, 0.1) is 19.2 Å². The molecule has 25 heavy (non-hydrogen) atoms. The number of ether oxygens (including phenoxy) is 1. The third-order valence-corrected chi connectivity index (χ3v) is 3.54. The number of rotatable bonds is 4. The van der Waals surface area contributed by atoms with Gasteiger partial charge in [-0.2, -0.15) is 13.2 Å². The van der Waals surface area contributed by atoms with Crippen LogP contribution in [0.1, 0.15) is 22.3 Å². The van der Waals surface area contributed by atoms with Gasteiger partial charge in [-0.15, -0.1) is 0 Å². The van der Waals surface area contributed by atoms with Crippen LogP contribution in [0.4, 0.5) is 18.9 Å². The number of alkyl halides is 3. The number of nitrogens with zero attached hydrogens (tertiary/aromatic N) is 1. The van der Waals surface area contributed by atoms with Gasteiger partial charge >= 0.3 is 6.18 Å². The Balaban J connectivity index is 2.20. The zero-order chi connectivity index (χ0) is 18.6. The van der Waals surface area contributed by atoms with Crippen LogP contribution < -0.4 is 15.8 Å². The minimum absolute atomic E-state index is 0.0264. The van der Waals surface area contributed by atoms with E-state index < -0.39 is 11.7 Å². The molecular formula is C18H20F3N3O. The zero-order valence-corrected chi connectivity index (χ0v) is 14.2. The van der Waals surface area contributed by atoms with Crippen LogP contribution >= 0.6 is 0 Å². The molecule has 0 radical (unpaired) electrons. The molecule has 0 aliphatic carbocycles. The summed E-state index contributed by atoms with van der Waals surface area (Å²) >= 11 is 0. The Morgan fingerprint density at radius 3 is 2.32 bits per heavy atom. The number of hydrogen-bond acceptors (Lipinski definition) is 2. The SMILES string of the molecule is COc1ccc(CN=C(N)Nc2cc(C)cc(C)c2)c(C(F)(F)F)c1. The topological polar surface area (TPSA) is 59.6 Å². The summed E-state index contributed by atoms with van der Waals surface area (Å²) in [6.45, 7) is 3.69. The zero-order valence-electron chi connectivity index (χ0n) is 14.2. The Hall–Kier alpha value is -2.70. The van der Waals surface area contributed by atoms with Gasteiger partial charge in [0, 0.05) is 5.69 Å². The lowest BCUT2D eigenvalue weighted by molar-refractivity contribution is -0.138. The molecule has 0 saturated heterocycles. The summed E-state index contributed by atoms with van der Waals surface area (Å²) in [5, 5.41) is 2.90.